The summed E-state index contributed by atoms with van der Waals surface area (Å²) in [5.74, 6) is -0.158. The van der Waals surface area contributed by atoms with Gasteiger partial charge in [0.2, 0.25) is 0 Å². The Morgan fingerprint density at radius 1 is 1.32 bits per heavy atom. The van der Waals surface area contributed by atoms with Crippen molar-refractivity contribution in [2.75, 3.05) is 13.1 Å². The highest BCUT2D eigenvalue weighted by molar-refractivity contribution is 5.95. The average molecular weight is 355 g/mol. The van der Waals surface area contributed by atoms with Crippen molar-refractivity contribution >= 4 is 5.91 Å². The molecule has 9 heteroatoms. The van der Waals surface area contributed by atoms with E-state index in [1.165, 1.54) is 16.9 Å². The Morgan fingerprint density at radius 2 is 2.04 bits per heavy atom. The third-order valence-electron chi connectivity index (χ3n) is 3.56. The Bertz CT molecular complexity index is 722. The van der Waals surface area contributed by atoms with Crippen LogP contribution in [0.2, 0.25) is 0 Å². The number of carbonyl (C=O) groups excluding carboxylic acids is 1. The fourth-order valence-electron chi connectivity index (χ4n) is 2.35. The van der Waals surface area contributed by atoms with E-state index in [1.54, 1.807) is 0 Å². The number of nitrogens with zero attached hydrogens (tertiary/aromatic N) is 3. The van der Waals surface area contributed by atoms with Gasteiger partial charge in [0.25, 0.3) is 5.91 Å². The SMILES string of the molecule is CC(C)c1c(C(=O)NCCCN)cnn1-c1ccc(C(F)(F)F)cn1. The molecule has 0 saturated heterocycles. The molecule has 2 aromatic heterocycles. The molecule has 0 atom stereocenters. The lowest BCUT2D eigenvalue weighted by molar-refractivity contribution is -0.137. The lowest BCUT2D eigenvalue weighted by Crippen LogP contribution is -2.27. The van der Waals surface area contributed by atoms with Gasteiger partial charge in [-0.2, -0.15) is 18.3 Å². The third-order valence-corrected chi connectivity index (χ3v) is 3.56. The predicted octanol–water partition coefficient (Wildman–Crippen LogP) is 2.49. The molecule has 0 aliphatic carbocycles. The number of hydrogen-bond acceptors (Lipinski definition) is 4. The van der Waals surface area contributed by atoms with Gasteiger partial charge >= 0.3 is 6.18 Å². The van der Waals surface area contributed by atoms with Gasteiger partial charge in [0, 0.05) is 12.7 Å². The zero-order chi connectivity index (χ0) is 18.6. The average Bonchev–Trinajstić information content (AvgIpc) is 2.99. The zero-order valence-corrected chi connectivity index (χ0v) is 14.0. The molecule has 2 rings (SSSR count). The van der Waals surface area contributed by atoms with Crippen molar-refractivity contribution in [3.05, 3.63) is 41.3 Å². The number of nitrogens with two attached hydrogens (primary N) is 1. The molecule has 136 valence electrons. The van der Waals surface area contributed by atoms with Crippen LogP contribution in [-0.2, 0) is 6.18 Å². The molecule has 0 aliphatic heterocycles. The smallest absolute Gasteiger partial charge is 0.352 e. The van der Waals surface area contributed by atoms with Gasteiger partial charge in [0.05, 0.1) is 23.0 Å². The maximum atomic E-state index is 12.7. The largest absolute Gasteiger partial charge is 0.417 e. The Hall–Kier alpha value is -2.42. The highest BCUT2D eigenvalue weighted by atomic mass is 19.4. The van der Waals surface area contributed by atoms with Crippen LogP contribution in [0.1, 0.15) is 47.8 Å². The van der Waals surface area contributed by atoms with Crippen LogP contribution >= 0.6 is 0 Å². The van der Waals surface area contributed by atoms with E-state index in [0.717, 1.165) is 12.3 Å². The number of nitrogens with one attached hydrogen (secondary N) is 1. The van der Waals surface area contributed by atoms with Gasteiger partial charge in [-0.05, 0) is 31.0 Å². The molecule has 0 aliphatic rings. The summed E-state index contributed by atoms with van der Waals surface area (Å²) in [5, 5.41) is 6.88. The van der Waals surface area contributed by atoms with Crippen molar-refractivity contribution in [3.63, 3.8) is 0 Å². The van der Waals surface area contributed by atoms with Crippen LogP contribution in [0.3, 0.4) is 0 Å². The second-order valence-corrected chi connectivity index (χ2v) is 5.81. The summed E-state index contributed by atoms with van der Waals surface area (Å²) in [6.45, 7) is 4.64. The molecule has 0 aromatic carbocycles. The summed E-state index contributed by atoms with van der Waals surface area (Å²) in [6.07, 6.45) is -1.66. The number of halogens is 3. The number of rotatable bonds is 6. The maximum Gasteiger partial charge on any atom is 0.417 e. The minimum Gasteiger partial charge on any atom is -0.352 e. The summed E-state index contributed by atoms with van der Waals surface area (Å²) in [7, 11) is 0. The number of alkyl halides is 3. The molecule has 3 N–H and O–H groups in total. The number of carbonyl (C=O) groups is 1. The number of aromatic nitrogens is 3. The molecule has 0 bridgehead atoms. The van der Waals surface area contributed by atoms with Crippen LogP contribution in [0, 0.1) is 0 Å². The second-order valence-electron chi connectivity index (χ2n) is 5.81. The zero-order valence-electron chi connectivity index (χ0n) is 14.0. The van der Waals surface area contributed by atoms with E-state index in [4.69, 9.17) is 5.73 Å². The first-order chi connectivity index (χ1) is 11.8. The lowest BCUT2D eigenvalue weighted by atomic mass is 10.1. The first kappa shape index (κ1) is 18.9. The summed E-state index contributed by atoms with van der Waals surface area (Å²) in [4.78, 5) is 16.1. The van der Waals surface area contributed by atoms with Crippen LogP contribution in [0.4, 0.5) is 13.2 Å². The first-order valence-corrected chi connectivity index (χ1v) is 7.85. The topological polar surface area (TPSA) is 85.8 Å². The van der Waals surface area contributed by atoms with Crippen LogP contribution in [0.5, 0.6) is 0 Å². The Balaban J connectivity index is 2.34. The fourth-order valence-corrected chi connectivity index (χ4v) is 2.35. The lowest BCUT2D eigenvalue weighted by Gasteiger charge is -2.13. The van der Waals surface area contributed by atoms with Crippen LogP contribution in [0.25, 0.3) is 5.82 Å². The summed E-state index contributed by atoms with van der Waals surface area (Å²) in [5.41, 5.74) is 5.51. The summed E-state index contributed by atoms with van der Waals surface area (Å²) in [6, 6.07) is 2.17. The van der Waals surface area contributed by atoms with Gasteiger partial charge in [-0.25, -0.2) is 9.67 Å². The van der Waals surface area contributed by atoms with Crippen molar-refractivity contribution in [2.24, 2.45) is 5.73 Å². The van der Waals surface area contributed by atoms with Crippen molar-refractivity contribution in [3.8, 4) is 5.82 Å². The minimum absolute atomic E-state index is 0.0816. The van der Waals surface area contributed by atoms with E-state index in [-0.39, 0.29) is 17.6 Å². The highest BCUT2D eigenvalue weighted by Crippen LogP contribution is 2.29. The van der Waals surface area contributed by atoms with E-state index in [9.17, 15) is 18.0 Å². The summed E-state index contributed by atoms with van der Waals surface area (Å²) < 4.78 is 39.4. The first-order valence-electron chi connectivity index (χ1n) is 7.85. The van der Waals surface area contributed by atoms with Gasteiger partial charge < -0.3 is 11.1 Å². The van der Waals surface area contributed by atoms with E-state index in [1.807, 2.05) is 13.8 Å². The Labute approximate surface area is 143 Å². The standard InChI is InChI=1S/C16H20F3N5O/c1-10(2)14-12(15(25)21-7-3-6-20)9-23-24(14)13-5-4-11(8-22-13)16(17,18)19/h4-5,8-10H,3,6-7,20H2,1-2H3,(H,21,25). The molecule has 2 heterocycles. The van der Waals surface area contributed by atoms with Crippen molar-refractivity contribution < 1.29 is 18.0 Å². The monoisotopic (exact) mass is 355 g/mol. The third kappa shape index (κ3) is 4.36. The predicted molar refractivity (Wildman–Crippen MR) is 86.5 cm³/mol. The van der Waals surface area contributed by atoms with Crippen molar-refractivity contribution in [1.82, 2.24) is 20.1 Å². The van der Waals surface area contributed by atoms with Gasteiger partial charge in [-0.15, -0.1) is 0 Å². The quantitative estimate of drug-likeness (QED) is 0.780. The van der Waals surface area contributed by atoms with E-state index in [2.05, 4.69) is 15.4 Å². The molecule has 6 nitrogen and oxygen atoms in total. The molecule has 1 amide bonds. The van der Waals surface area contributed by atoms with Gasteiger partial charge in [-0.3, -0.25) is 4.79 Å². The molecule has 0 fully saturated rings. The highest BCUT2D eigenvalue weighted by Gasteiger charge is 2.31. The molecule has 25 heavy (non-hydrogen) atoms. The van der Waals surface area contributed by atoms with E-state index in [0.29, 0.717) is 30.8 Å². The van der Waals surface area contributed by atoms with Crippen LogP contribution < -0.4 is 11.1 Å². The maximum absolute atomic E-state index is 12.7. The van der Waals surface area contributed by atoms with Gasteiger partial charge in [0.1, 0.15) is 0 Å². The van der Waals surface area contributed by atoms with Gasteiger partial charge in [-0.1, -0.05) is 13.8 Å². The number of amides is 1. The minimum atomic E-state index is -4.45. The van der Waals surface area contributed by atoms with Crippen LogP contribution in [-0.4, -0.2) is 33.8 Å². The summed E-state index contributed by atoms with van der Waals surface area (Å²) >= 11 is 0. The molecule has 0 radical (unpaired) electrons. The Morgan fingerprint density at radius 3 is 2.56 bits per heavy atom. The van der Waals surface area contributed by atoms with E-state index >= 15 is 0 Å². The second kappa shape index (κ2) is 7.64. The molecule has 2 aromatic rings. The molecule has 0 saturated carbocycles. The van der Waals surface area contributed by atoms with Crippen molar-refractivity contribution in [2.45, 2.75) is 32.4 Å². The number of hydrogen-bond donors (Lipinski definition) is 2. The fraction of sp³-hybridized carbons (Fsp3) is 0.438. The molecular formula is C16H20F3N5O. The van der Waals surface area contributed by atoms with Gasteiger partial charge in [0.15, 0.2) is 5.82 Å². The Kier molecular flexibility index (Phi) is 5.78. The normalized spacial score (nSPS) is 11.8. The van der Waals surface area contributed by atoms with Crippen LogP contribution in [0.15, 0.2) is 24.5 Å². The van der Waals surface area contributed by atoms with Crippen molar-refractivity contribution in [1.29, 1.82) is 0 Å². The molecular weight excluding hydrogens is 335 g/mol. The number of pyridine rings is 1. The molecule has 0 spiro atoms. The molecule has 0 unspecified atom stereocenters. The van der Waals surface area contributed by atoms with E-state index < -0.39 is 11.7 Å².